The molecule has 1 unspecified atom stereocenters. The Labute approximate surface area is 95.6 Å². The highest BCUT2D eigenvalue weighted by molar-refractivity contribution is 5.86. The molecule has 1 heterocycles. The van der Waals surface area contributed by atoms with Crippen LogP contribution in [-0.4, -0.2) is 35.6 Å². The lowest BCUT2D eigenvalue weighted by molar-refractivity contribution is -0.137. The van der Waals surface area contributed by atoms with Gasteiger partial charge in [0.05, 0.1) is 5.54 Å². The Morgan fingerprint density at radius 3 is 2.75 bits per heavy atom. The number of carbonyl (C=O) groups excluding carboxylic acids is 1. The average molecular weight is 228 g/mol. The smallest absolute Gasteiger partial charge is 0.303 e. The van der Waals surface area contributed by atoms with Gasteiger partial charge in [-0.3, -0.25) is 9.59 Å². The molecule has 5 nitrogen and oxygen atoms in total. The molecule has 1 fully saturated rings. The first-order chi connectivity index (χ1) is 7.60. The number of hydrogen-bond acceptors (Lipinski definition) is 3. The molecule has 1 rings (SSSR count). The highest BCUT2D eigenvalue weighted by Gasteiger charge is 2.38. The van der Waals surface area contributed by atoms with E-state index in [1.54, 1.807) is 0 Å². The van der Waals surface area contributed by atoms with Gasteiger partial charge in [-0.2, -0.15) is 0 Å². The summed E-state index contributed by atoms with van der Waals surface area (Å²) in [5.41, 5.74) is -0.413. The molecule has 0 aromatic heterocycles. The number of amides is 1. The monoisotopic (exact) mass is 228 g/mol. The van der Waals surface area contributed by atoms with Gasteiger partial charge in [0.25, 0.3) is 0 Å². The molecule has 1 amide bonds. The van der Waals surface area contributed by atoms with Gasteiger partial charge in [0.2, 0.25) is 5.91 Å². The first-order valence-electron chi connectivity index (χ1n) is 5.86. The quantitative estimate of drug-likeness (QED) is 0.578. The molecule has 0 saturated carbocycles. The number of aliphatic carboxylic acids is 1. The summed E-state index contributed by atoms with van der Waals surface area (Å²) >= 11 is 0. The van der Waals surface area contributed by atoms with Crippen molar-refractivity contribution >= 4 is 11.9 Å². The molecule has 16 heavy (non-hydrogen) atoms. The molecule has 3 N–H and O–H groups in total. The topological polar surface area (TPSA) is 78.4 Å². The van der Waals surface area contributed by atoms with Crippen LogP contribution in [-0.2, 0) is 9.59 Å². The van der Waals surface area contributed by atoms with E-state index in [0.717, 1.165) is 25.8 Å². The highest BCUT2D eigenvalue weighted by atomic mass is 16.4. The zero-order valence-electron chi connectivity index (χ0n) is 9.71. The van der Waals surface area contributed by atoms with Crippen LogP contribution in [0.3, 0.4) is 0 Å². The van der Waals surface area contributed by atoms with E-state index in [4.69, 9.17) is 5.11 Å². The SMILES string of the molecule is CCC1(C(=O)NCCCC(=O)O)CCCN1. The first kappa shape index (κ1) is 13.0. The molecule has 0 aliphatic carbocycles. The average Bonchev–Trinajstić information content (AvgIpc) is 2.73. The lowest BCUT2D eigenvalue weighted by Crippen LogP contribution is -2.53. The van der Waals surface area contributed by atoms with Crippen LogP contribution in [0, 0.1) is 0 Å². The maximum Gasteiger partial charge on any atom is 0.303 e. The van der Waals surface area contributed by atoms with Gasteiger partial charge >= 0.3 is 5.97 Å². The van der Waals surface area contributed by atoms with E-state index >= 15 is 0 Å². The zero-order valence-corrected chi connectivity index (χ0v) is 9.71. The summed E-state index contributed by atoms with van der Waals surface area (Å²) in [6, 6.07) is 0. The molecule has 92 valence electrons. The lowest BCUT2D eigenvalue weighted by atomic mass is 9.93. The standard InChI is InChI=1S/C11H20N2O3/c1-2-11(6-4-8-13-11)10(16)12-7-3-5-9(14)15/h13H,2-8H2,1H3,(H,12,16)(H,14,15). The Morgan fingerprint density at radius 2 is 2.25 bits per heavy atom. The summed E-state index contributed by atoms with van der Waals surface area (Å²) < 4.78 is 0. The molecule has 5 heteroatoms. The molecular weight excluding hydrogens is 208 g/mol. The molecule has 0 bridgehead atoms. The summed E-state index contributed by atoms with van der Waals surface area (Å²) in [5, 5.41) is 14.5. The van der Waals surface area contributed by atoms with Crippen molar-refractivity contribution in [2.75, 3.05) is 13.1 Å². The third kappa shape index (κ3) is 3.20. The van der Waals surface area contributed by atoms with Gasteiger partial charge in [0, 0.05) is 13.0 Å². The van der Waals surface area contributed by atoms with Gasteiger partial charge in [-0.25, -0.2) is 0 Å². The Balaban J connectivity index is 2.30. The number of carbonyl (C=O) groups is 2. The molecule has 1 aliphatic rings. The van der Waals surface area contributed by atoms with E-state index in [9.17, 15) is 9.59 Å². The number of hydrogen-bond donors (Lipinski definition) is 3. The maximum absolute atomic E-state index is 11.9. The number of carboxylic acids is 1. The number of carboxylic acid groups (broad SMARTS) is 1. The van der Waals surface area contributed by atoms with E-state index < -0.39 is 11.5 Å². The van der Waals surface area contributed by atoms with Gasteiger partial charge in [0.1, 0.15) is 0 Å². The van der Waals surface area contributed by atoms with Gasteiger partial charge in [0.15, 0.2) is 0 Å². The minimum Gasteiger partial charge on any atom is -0.481 e. The van der Waals surface area contributed by atoms with Crippen LogP contribution >= 0.6 is 0 Å². The van der Waals surface area contributed by atoms with E-state index in [1.807, 2.05) is 6.92 Å². The second-order valence-electron chi connectivity index (χ2n) is 4.22. The minimum absolute atomic E-state index is 0.0119. The Hall–Kier alpha value is -1.10. The van der Waals surface area contributed by atoms with E-state index in [-0.39, 0.29) is 12.3 Å². The largest absolute Gasteiger partial charge is 0.481 e. The van der Waals surface area contributed by atoms with E-state index in [2.05, 4.69) is 10.6 Å². The number of nitrogens with one attached hydrogen (secondary N) is 2. The fourth-order valence-corrected chi connectivity index (χ4v) is 2.07. The van der Waals surface area contributed by atoms with Gasteiger partial charge in [-0.1, -0.05) is 6.92 Å². The second kappa shape index (κ2) is 5.84. The third-order valence-electron chi connectivity index (χ3n) is 3.13. The van der Waals surface area contributed by atoms with Crippen molar-refractivity contribution in [3.63, 3.8) is 0 Å². The second-order valence-corrected chi connectivity index (χ2v) is 4.22. The van der Waals surface area contributed by atoms with Crippen molar-refractivity contribution in [3.8, 4) is 0 Å². The minimum atomic E-state index is -0.821. The fraction of sp³-hybridized carbons (Fsp3) is 0.818. The molecule has 1 atom stereocenters. The maximum atomic E-state index is 11.9. The first-order valence-corrected chi connectivity index (χ1v) is 5.86. The van der Waals surface area contributed by atoms with Gasteiger partial charge in [-0.15, -0.1) is 0 Å². The van der Waals surface area contributed by atoms with Crippen LogP contribution in [0.1, 0.15) is 39.0 Å². The fourth-order valence-electron chi connectivity index (χ4n) is 2.07. The van der Waals surface area contributed by atoms with Crippen molar-refractivity contribution in [3.05, 3.63) is 0 Å². The summed E-state index contributed by atoms with van der Waals surface area (Å²) in [4.78, 5) is 22.2. The molecule has 0 aromatic carbocycles. The summed E-state index contributed by atoms with van der Waals surface area (Å²) in [6.07, 6.45) is 3.26. The predicted octanol–water partition coefficient (Wildman–Crippen LogP) is 0.500. The van der Waals surface area contributed by atoms with Crippen molar-refractivity contribution in [2.45, 2.75) is 44.6 Å². The van der Waals surface area contributed by atoms with Gasteiger partial charge in [-0.05, 0) is 32.2 Å². The van der Waals surface area contributed by atoms with Crippen LogP contribution in [0.4, 0.5) is 0 Å². The number of rotatable bonds is 6. The summed E-state index contributed by atoms with van der Waals surface area (Å²) in [6.45, 7) is 3.32. The van der Waals surface area contributed by atoms with Crippen molar-refractivity contribution in [1.29, 1.82) is 0 Å². The summed E-state index contributed by atoms with van der Waals surface area (Å²) in [5.74, 6) is -0.809. The van der Waals surface area contributed by atoms with Crippen LogP contribution in [0.2, 0.25) is 0 Å². The normalized spacial score (nSPS) is 24.3. The van der Waals surface area contributed by atoms with Crippen LogP contribution in [0.25, 0.3) is 0 Å². The molecule has 0 aromatic rings. The molecular formula is C11H20N2O3. The van der Waals surface area contributed by atoms with Crippen molar-refractivity contribution in [2.24, 2.45) is 0 Å². The van der Waals surface area contributed by atoms with Crippen molar-refractivity contribution < 1.29 is 14.7 Å². The molecule has 1 saturated heterocycles. The van der Waals surface area contributed by atoms with Gasteiger partial charge < -0.3 is 15.7 Å². The highest BCUT2D eigenvalue weighted by Crippen LogP contribution is 2.22. The van der Waals surface area contributed by atoms with Crippen molar-refractivity contribution in [1.82, 2.24) is 10.6 Å². The van der Waals surface area contributed by atoms with Crippen LogP contribution in [0.5, 0.6) is 0 Å². The Morgan fingerprint density at radius 1 is 1.50 bits per heavy atom. The van der Waals surface area contributed by atoms with Crippen LogP contribution < -0.4 is 10.6 Å². The Bertz CT molecular complexity index is 260. The van der Waals surface area contributed by atoms with Crippen LogP contribution in [0.15, 0.2) is 0 Å². The van der Waals surface area contributed by atoms with E-state index in [1.165, 1.54) is 0 Å². The van der Waals surface area contributed by atoms with E-state index in [0.29, 0.717) is 13.0 Å². The summed E-state index contributed by atoms with van der Waals surface area (Å²) in [7, 11) is 0. The molecule has 0 radical (unpaired) electrons. The lowest BCUT2D eigenvalue weighted by Gasteiger charge is -2.26. The molecule has 1 aliphatic heterocycles. The zero-order chi connectivity index (χ0) is 12.0. The third-order valence-corrected chi connectivity index (χ3v) is 3.13. The predicted molar refractivity (Wildman–Crippen MR) is 60.1 cm³/mol. The Kier molecular flexibility index (Phi) is 4.73. The molecule has 0 spiro atoms.